The Bertz CT molecular complexity index is 926. The molecule has 1 amide bonds. The lowest BCUT2D eigenvalue weighted by atomic mass is 10.2. The van der Waals surface area contributed by atoms with Gasteiger partial charge >= 0.3 is 0 Å². The topological polar surface area (TPSA) is 82.2 Å². The maximum atomic E-state index is 13.1. The molecule has 3 rings (SSSR count). The number of benzene rings is 2. The van der Waals surface area contributed by atoms with Crippen LogP contribution >= 0.6 is 11.6 Å². The number of hydrogen-bond donors (Lipinski definition) is 3. The molecule has 1 aromatic heterocycles. The van der Waals surface area contributed by atoms with E-state index in [4.69, 9.17) is 11.6 Å². The Kier molecular flexibility index (Phi) is 6.17. The molecule has 138 valence electrons. The standard InChI is InChI=1S/C19H17ClFN5O/c20-14-3-1-2-13(10-14)18(27)26-19(23-9-8-17-11-22-12-24-17)25-16-6-4-15(21)5-7-16/h1-7,10-12H,8-9H2,(H,22,24)(H2,23,25,26,27). The fraction of sp³-hybridized carbons (Fsp3) is 0.105. The van der Waals surface area contributed by atoms with Gasteiger partial charge in [0.15, 0.2) is 0 Å². The summed E-state index contributed by atoms with van der Waals surface area (Å²) in [6, 6.07) is 12.4. The fourth-order valence-electron chi connectivity index (χ4n) is 2.30. The molecule has 0 aliphatic heterocycles. The lowest BCUT2D eigenvalue weighted by Gasteiger charge is -2.12. The highest BCUT2D eigenvalue weighted by atomic mass is 35.5. The number of guanidine groups is 1. The smallest absolute Gasteiger partial charge is 0.258 e. The summed E-state index contributed by atoms with van der Waals surface area (Å²) in [4.78, 5) is 23.8. The number of carbonyl (C=O) groups is 1. The van der Waals surface area contributed by atoms with Crippen LogP contribution in [-0.2, 0) is 6.42 Å². The molecule has 0 aliphatic carbocycles. The van der Waals surface area contributed by atoms with E-state index in [0.29, 0.717) is 29.2 Å². The predicted molar refractivity (Wildman–Crippen MR) is 104 cm³/mol. The third-order valence-corrected chi connectivity index (χ3v) is 3.87. The van der Waals surface area contributed by atoms with Crippen LogP contribution in [0.2, 0.25) is 5.02 Å². The summed E-state index contributed by atoms with van der Waals surface area (Å²) in [6.07, 6.45) is 3.94. The third-order valence-electron chi connectivity index (χ3n) is 3.63. The van der Waals surface area contributed by atoms with Crippen LogP contribution in [0.3, 0.4) is 0 Å². The van der Waals surface area contributed by atoms with E-state index >= 15 is 0 Å². The lowest BCUT2D eigenvalue weighted by molar-refractivity contribution is 0.0977. The van der Waals surface area contributed by atoms with Crippen molar-refractivity contribution in [2.24, 2.45) is 4.99 Å². The fourth-order valence-corrected chi connectivity index (χ4v) is 2.49. The largest absolute Gasteiger partial charge is 0.348 e. The van der Waals surface area contributed by atoms with Gasteiger partial charge in [0.05, 0.1) is 6.33 Å². The second-order valence-corrected chi connectivity index (χ2v) is 6.09. The van der Waals surface area contributed by atoms with E-state index in [-0.39, 0.29) is 17.7 Å². The maximum absolute atomic E-state index is 13.1. The van der Waals surface area contributed by atoms with E-state index in [0.717, 1.165) is 5.69 Å². The van der Waals surface area contributed by atoms with Crippen molar-refractivity contribution >= 4 is 29.2 Å². The van der Waals surface area contributed by atoms with Crippen LogP contribution in [0, 0.1) is 5.82 Å². The summed E-state index contributed by atoms with van der Waals surface area (Å²) in [5, 5.41) is 6.18. The van der Waals surface area contributed by atoms with Gasteiger partial charge in [-0.1, -0.05) is 17.7 Å². The normalized spacial score (nSPS) is 11.3. The number of nitrogens with zero attached hydrogens (tertiary/aromatic N) is 2. The van der Waals surface area contributed by atoms with E-state index < -0.39 is 0 Å². The zero-order valence-electron chi connectivity index (χ0n) is 14.2. The Morgan fingerprint density at radius 1 is 1.22 bits per heavy atom. The number of carbonyl (C=O) groups excluding carboxylic acids is 1. The number of halogens is 2. The second-order valence-electron chi connectivity index (χ2n) is 5.65. The van der Waals surface area contributed by atoms with Crippen molar-refractivity contribution in [1.82, 2.24) is 15.3 Å². The van der Waals surface area contributed by atoms with Gasteiger partial charge < -0.3 is 10.3 Å². The van der Waals surface area contributed by atoms with Gasteiger partial charge in [-0.25, -0.2) is 9.37 Å². The third kappa shape index (κ3) is 5.65. The highest BCUT2D eigenvalue weighted by Gasteiger charge is 2.10. The Morgan fingerprint density at radius 3 is 2.74 bits per heavy atom. The highest BCUT2D eigenvalue weighted by molar-refractivity contribution is 6.31. The molecule has 1 heterocycles. The number of H-pyrrole nitrogens is 1. The van der Waals surface area contributed by atoms with Crippen LogP contribution in [0.25, 0.3) is 0 Å². The van der Waals surface area contributed by atoms with E-state index in [2.05, 4.69) is 25.6 Å². The minimum Gasteiger partial charge on any atom is -0.348 e. The number of hydrogen-bond acceptors (Lipinski definition) is 3. The molecule has 3 N–H and O–H groups in total. The zero-order chi connectivity index (χ0) is 19.1. The first-order chi connectivity index (χ1) is 13.1. The second kappa shape index (κ2) is 8.95. The SMILES string of the molecule is O=C(NC(=NCCc1cnc[nH]1)Nc1ccc(F)cc1)c1cccc(Cl)c1. The van der Waals surface area contributed by atoms with E-state index in [1.54, 1.807) is 48.9 Å². The van der Waals surface area contributed by atoms with Crippen molar-refractivity contribution in [3.8, 4) is 0 Å². The summed E-state index contributed by atoms with van der Waals surface area (Å²) in [6.45, 7) is 0.418. The first kappa shape index (κ1) is 18.6. The Morgan fingerprint density at radius 2 is 2.04 bits per heavy atom. The number of nitrogens with one attached hydrogen (secondary N) is 3. The number of anilines is 1. The number of imidazole rings is 1. The molecule has 0 saturated heterocycles. The molecule has 0 spiro atoms. The van der Waals surface area contributed by atoms with Crippen LogP contribution in [0.4, 0.5) is 10.1 Å². The van der Waals surface area contributed by atoms with Crippen LogP contribution in [-0.4, -0.2) is 28.4 Å². The number of aromatic amines is 1. The maximum Gasteiger partial charge on any atom is 0.258 e. The van der Waals surface area contributed by atoms with Crippen molar-refractivity contribution in [2.45, 2.75) is 6.42 Å². The summed E-state index contributed by atoms with van der Waals surface area (Å²) in [5.41, 5.74) is 1.94. The monoisotopic (exact) mass is 385 g/mol. The summed E-state index contributed by atoms with van der Waals surface area (Å²) < 4.78 is 13.1. The predicted octanol–water partition coefficient (Wildman–Crippen LogP) is 3.64. The molecule has 3 aromatic rings. The van der Waals surface area contributed by atoms with E-state index in [1.807, 2.05) is 0 Å². The van der Waals surface area contributed by atoms with Gasteiger partial charge in [-0.15, -0.1) is 0 Å². The summed E-state index contributed by atoms with van der Waals surface area (Å²) in [5.74, 6) is -0.445. The van der Waals surface area contributed by atoms with Gasteiger partial charge in [0, 0.05) is 41.1 Å². The van der Waals surface area contributed by atoms with Crippen LogP contribution < -0.4 is 10.6 Å². The van der Waals surface area contributed by atoms with Gasteiger partial charge in [0.25, 0.3) is 5.91 Å². The first-order valence-electron chi connectivity index (χ1n) is 8.21. The molecular formula is C19H17ClFN5O. The number of rotatable bonds is 5. The quantitative estimate of drug-likeness (QED) is 0.463. The lowest BCUT2D eigenvalue weighted by Crippen LogP contribution is -2.36. The molecule has 27 heavy (non-hydrogen) atoms. The molecule has 0 fully saturated rings. The zero-order valence-corrected chi connectivity index (χ0v) is 15.0. The number of aliphatic imine (C=N–C) groups is 1. The van der Waals surface area contributed by atoms with Gasteiger partial charge in [0.1, 0.15) is 5.82 Å². The molecule has 2 aromatic carbocycles. The number of aromatic nitrogens is 2. The van der Waals surface area contributed by atoms with Gasteiger partial charge in [-0.2, -0.15) is 0 Å². The van der Waals surface area contributed by atoms with Crippen molar-refractivity contribution in [3.05, 3.63) is 83.2 Å². The van der Waals surface area contributed by atoms with Crippen molar-refractivity contribution in [2.75, 3.05) is 11.9 Å². The average molecular weight is 386 g/mol. The van der Waals surface area contributed by atoms with Crippen LogP contribution in [0.1, 0.15) is 16.1 Å². The van der Waals surface area contributed by atoms with Gasteiger partial charge in [-0.05, 0) is 42.5 Å². The molecular weight excluding hydrogens is 369 g/mol. The molecule has 6 nitrogen and oxygen atoms in total. The Balaban J connectivity index is 1.73. The van der Waals surface area contributed by atoms with Crippen molar-refractivity contribution in [3.63, 3.8) is 0 Å². The minimum atomic E-state index is -0.354. The molecule has 0 radical (unpaired) electrons. The van der Waals surface area contributed by atoms with Crippen LogP contribution in [0.5, 0.6) is 0 Å². The molecule has 0 bridgehead atoms. The van der Waals surface area contributed by atoms with Gasteiger partial charge in [-0.3, -0.25) is 15.1 Å². The summed E-state index contributed by atoms with van der Waals surface area (Å²) in [7, 11) is 0. The molecule has 0 aliphatic rings. The Labute approximate surface area is 160 Å². The average Bonchev–Trinajstić information content (AvgIpc) is 3.17. The van der Waals surface area contributed by atoms with E-state index in [1.165, 1.54) is 12.1 Å². The Hall–Kier alpha value is -3.19. The minimum absolute atomic E-state index is 0.256. The van der Waals surface area contributed by atoms with Crippen molar-refractivity contribution in [1.29, 1.82) is 0 Å². The first-order valence-corrected chi connectivity index (χ1v) is 8.59. The number of amides is 1. The van der Waals surface area contributed by atoms with E-state index in [9.17, 15) is 9.18 Å². The van der Waals surface area contributed by atoms with Crippen molar-refractivity contribution < 1.29 is 9.18 Å². The highest BCUT2D eigenvalue weighted by Crippen LogP contribution is 2.11. The molecule has 0 saturated carbocycles. The molecule has 8 heteroatoms. The summed E-state index contributed by atoms with van der Waals surface area (Å²) >= 11 is 5.94. The van der Waals surface area contributed by atoms with Crippen LogP contribution in [0.15, 0.2) is 66.0 Å². The molecule has 0 unspecified atom stereocenters. The van der Waals surface area contributed by atoms with Gasteiger partial charge in [0.2, 0.25) is 5.96 Å². The molecule has 0 atom stereocenters.